The number of fused-ring (bicyclic) bond motifs is 1. The summed E-state index contributed by atoms with van der Waals surface area (Å²) in [5.74, 6) is -0.984. The zero-order valence-corrected chi connectivity index (χ0v) is 21.6. The second-order valence-electron chi connectivity index (χ2n) is 8.24. The standard InChI is InChI=1S/C27H23ClN2O6S/c1-3-11-35-18-10-7-15(13-20(18)34-4-2)23-22(24(31)19-6-5-12-36-19)25(32)26(33)30(23)27-29-17-9-8-16(28)14-21(17)37-27/h5-10,12-14,23,32H,3-4,11H2,1-2H3. The number of thiazole rings is 1. The van der Waals surface area contributed by atoms with Gasteiger partial charge in [-0.2, -0.15) is 0 Å². The lowest BCUT2D eigenvalue weighted by molar-refractivity contribution is -0.117. The van der Waals surface area contributed by atoms with Gasteiger partial charge in [0.15, 0.2) is 28.1 Å². The normalized spacial score (nSPS) is 15.6. The largest absolute Gasteiger partial charge is 0.503 e. The van der Waals surface area contributed by atoms with Gasteiger partial charge in [-0.25, -0.2) is 4.98 Å². The summed E-state index contributed by atoms with van der Waals surface area (Å²) in [6.45, 7) is 4.75. The van der Waals surface area contributed by atoms with Crippen molar-refractivity contribution in [2.75, 3.05) is 18.1 Å². The van der Waals surface area contributed by atoms with Crippen LogP contribution in [0.5, 0.6) is 11.5 Å². The molecule has 3 heterocycles. The van der Waals surface area contributed by atoms with E-state index in [1.165, 1.54) is 28.6 Å². The summed E-state index contributed by atoms with van der Waals surface area (Å²) >= 11 is 7.39. The van der Waals surface area contributed by atoms with Crippen molar-refractivity contribution in [1.29, 1.82) is 0 Å². The Morgan fingerprint density at radius 1 is 1.16 bits per heavy atom. The minimum Gasteiger partial charge on any atom is -0.503 e. The number of aromatic nitrogens is 1. The number of furan rings is 1. The van der Waals surface area contributed by atoms with Crippen LogP contribution in [0.1, 0.15) is 42.4 Å². The molecule has 2 aromatic carbocycles. The number of anilines is 1. The highest BCUT2D eigenvalue weighted by Gasteiger charge is 2.46. The van der Waals surface area contributed by atoms with Crippen molar-refractivity contribution in [3.63, 3.8) is 0 Å². The van der Waals surface area contributed by atoms with Crippen LogP contribution in [0.15, 0.2) is 70.5 Å². The van der Waals surface area contributed by atoms with Crippen LogP contribution in [0.2, 0.25) is 5.02 Å². The van der Waals surface area contributed by atoms with Crippen LogP contribution < -0.4 is 14.4 Å². The number of nitrogens with zero attached hydrogens (tertiary/aromatic N) is 2. The van der Waals surface area contributed by atoms with Gasteiger partial charge in [0, 0.05) is 5.02 Å². The summed E-state index contributed by atoms with van der Waals surface area (Å²) in [4.78, 5) is 32.9. The van der Waals surface area contributed by atoms with Gasteiger partial charge in [-0.05, 0) is 61.4 Å². The third-order valence-corrected chi connectivity index (χ3v) is 7.04. The summed E-state index contributed by atoms with van der Waals surface area (Å²) in [6, 6.07) is 12.5. The Morgan fingerprint density at radius 3 is 2.73 bits per heavy atom. The highest BCUT2D eigenvalue weighted by Crippen LogP contribution is 2.46. The summed E-state index contributed by atoms with van der Waals surface area (Å²) in [5.41, 5.74) is 1.07. The van der Waals surface area contributed by atoms with Gasteiger partial charge in [0.25, 0.3) is 5.91 Å². The second kappa shape index (κ2) is 10.3. The molecule has 0 saturated carbocycles. The fourth-order valence-corrected chi connectivity index (χ4v) is 5.44. The van der Waals surface area contributed by atoms with Crippen LogP contribution in [0.25, 0.3) is 10.2 Å². The first kappa shape index (κ1) is 24.9. The highest BCUT2D eigenvalue weighted by molar-refractivity contribution is 7.22. The molecular formula is C27H23ClN2O6S. The van der Waals surface area contributed by atoms with Crippen LogP contribution in [0, 0.1) is 0 Å². The number of ketones is 1. The Bertz CT molecular complexity index is 1510. The molecule has 0 spiro atoms. The Kier molecular flexibility index (Phi) is 6.90. The van der Waals surface area contributed by atoms with E-state index in [9.17, 15) is 14.7 Å². The fraction of sp³-hybridized carbons (Fsp3) is 0.222. The monoisotopic (exact) mass is 538 g/mol. The number of halogens is 1. The van der Waals surface area contributed by atoms with E-state index in [1.807, 2.05) is 13.8 Å². The predicted octanol–water partition coefficient (Wildman–Crippen LogP) is 6.51. The second-order valence-corrected chi connectivity index (χ2v) is 9.69. The minimum absolute atomic E-state index is 0.00483. The van der Waals surface area contributed by atoms with Gasteiger partial charge >= 0.3 is 0 Å². The molecule has 1 aliphatic rings. The molecule has 8 nitrogen and oxygen atoms in total. The number of carbonyl (C=O) groups excluding carboxylic acids is 2. The lowest BCUT2D eigenvalue weighted by Gasteiger charge is -2.25. The lowest BCUT2D eigenvalue weighted by Crippen LogP contribution is -2.31. The number of carbonyl (C=O) groups is 2. The number of Topliss-reactive ketones (excluding diaryl/α,β-unsaturated/α-hetero) is 1. The highest BCUT2D eigenvalue weighted by atomic mass is 35.5. The van der Waals surface area contributed by atoms with Crippen molar-refractivity contribution in [2.45, 2.75) is 26.3 Å². The van der Waals surface area contributed by atoms with E-state index >= 15 is 0 Å². The molecule has 1 aliphatic heterocycles. The van der Waals surface area contributed by atoms with Crippen molar-refractivity contribution < 1.29 is 28.6 Å². The van der Waals surface area contributed by atoms with Gasteiger partial charge in [0.05, 0.1) is 41.3 Å². The van der Waals surface area contributed by atoms with Gasteiger partial charge in [0.2, 0.25) is 5.78 Å². The lowest BCUT2D eigenvalue weighted by atomic mass is 9.95. The number of ether oxygens (including phenoxy) is 2. The molecule has 10 heteroatoms. The van der Waals surface area contributed by atoms with E-state index in [-0.39, 0.29) is 11.3 Å². The van der Waals surface area contributed by atoms with Crippen molar-refractivity contribution >= 4 is 50.0 Å². The van der Waals surface area contributed by atoms with Crippen LogP contribution in [-0.2, 0) is 4.79 Å². The average Bonchev–Trinajstić information content (AvgIpc) is 3.62. The Morgan fingerprint density at radius 2 is 2.00 bits per heavy atom. The van der Waals surface area contributed by atoms with Crippen LogP contribution in [0.3, 0.4) is 0 Å². The van der Waals surface area contributed by atoms with Crippen LogP contribution >= 0.6 is 22.9 Å². The first-order valence-corrected chi connectivity index (χ1v) is 12.9. The van der Waals surface area contributed by atoms with E-state index in [4.69, 9.17) is 25.5 Å². The third-order valence-electron chi connectivity index (χ3n) is 5.79. The third kappa shape index (κ3) is 4.56. The zero-order valence-electron chi connectivity index (χ0n) is 20.1. The van der Waals surface area contributed by atoms with E-state index in [1.54, 1.807) is 42.5 Å². The first-order chi connectivity index (χ1) is 17.9. The van der Waals surface area contributed by atoms with Gasteiger partial charge in [-0.1, -0.05) is 35.9 Å². The number of hydrogen-bond donors (Lipinski definition) is 1. The SMILES string of the molecule is CCCOc1ccc(C2C(C(=O)c3ccco3)=C(O)C(=O)N2c2nc3ccc(Cl)cc3s2)cc1OCC. The molecular weight excluding hydrogens is 516 g/mol. The molecule has 37 heavy (non-hydrogen) atoms. The molecule has 1 amide bonds. The maximum absolute atomic E-state index is 13.5. The Hall–Kier alpha value is -3.82. The van der Waals surface area contributed by atoms with Crippen LogP contribution in [-0.4, -0.2) is 35.0 Å². The van der Waals surface area contributed by atoms with Crippen molar-refractivity contribution in [2.24, 2.45) is 0 Å². The molecule has 0 bridgehead atoms. The molecule has 1 unspecified atom stereocenters. The first-order valence-electron chi connectivity index (χ1n) is 11.7. The predicted molar refractivity (Wildman–Crippen MR) is 141 cm³/mol. The molecule has 5 rings (SSSR count). The molecule has 0 radical (unpaired) electrons. The number of rotatable bonds is 9. The maximum Gasteiger partial charge on any atom is 0.296 e. The smallest absolute Gasteiger partial charge is 0.296 e. The van der Waals surface area contributed by atoms with Crippen molar-refractivity contribution in [3.05, 3.63) is 82.5 Å². The summed E-state index contributed by atoms with van der Waals surface area (Å²) < 4.78 is 17.7. The Balaban J connectivity index is 1.67. The van der Waals surface area contributed by atoms with Crippen molar-refractivity contribution in [1.82, 2.24) is 4.98 Å². The van der Waals surface area contributed by atoms with Crippen molar-refractivity contribution in [3.8, 4) is 11.5 Å². The Labute approximate surface area is 221 Å². The molecule has 4 aromatic rings. The van der Waals surface area contributed by atoms with E-state index in [0.29, 0.717) is 45.9 Å². The molecule has 1 N–H and O–H groups in total. The van der Waals surface area contributed by atoms with Gasteiger partial charge < -0.3 is 19.0 Å². The molecule has 0 saturated heterocycles. The summed E-state index contributed by atoms with van der Waals surface area (Å²) in [5, 5.41) is 11.8. The average molecular weight is 539 g/mol. The van der Waals surface area contributed by atoms with E-state index < -0.39 is 23.5 Å². The number of benzene rings is 2. The molecule has 0 aliphatic carbocycles. The number of hydrogen-bond acceptors (Lipinski definition) is 8. The summed E-state index contributed by atoms with van der Waals surface area (Å²) in [7, 11) is 0. The zero-order chi connectivity index (χ0) is 26.1. The maximum atomic E-state index is 13.5. The molecule has 0 fully saturated rings. The topological polar surface area (TPSA) is 102 Å². The van der Waals surface area contributed by atoms with Crippen LogP contribution in [0.4, 0.5) is 5.13 Å². The van der Waals surface area contributed by atoms with E-state index in [2.05, 4.69) is 4.98 Å². The number of aliphatic hydroxyl groups excluding tert-OH is 1. The quantitative estimate of drug-likeness (QED) is 0.242. The van der Waals surface area contributed by atoms with E-state index in [0.717, 1.165) is 11.1 Å². The van der Waals surface area contributed by atoms with Gasteiger partial charge in [-0.15, -0.1) is 0 Å². The van der Waals surface area contributed by atoms with Gasteiger partial charge in [0.1, 0.15) is 0 Å². The fourth-order valence-electron chi connectivity index (χ4n) is 4.17. The molecule has 1 atom stereocenters. The molecule has 190 valence electrons. The number of aliphatic hydroxyl groups is 1. The minimum atomic E-state index is -0.986. The summed E-state index contributed by atoms with van der Waals surface area (Å²) in [6.07, 6.45) is 2.18. The number of amides is 1. The van der Waals surface area contributed by atoms with Gasteiger partial charge in [-0.3, -0.25) is 14.5 Å². The molecule has 2 aromatic heterocycles.